The van der Waals surface area contributed by atoms with E-state index in [0.29, 0.717) is 16.1 Å². The second kappa shape index (κ2) is 6.32. The van der Waals surface area contributed by atoms with Crippen LogP contribution in [-0.4, -0.2) is 28.8 Å². The van der Waals surface area contributed by atoms with E-state index in [0.717, 1.165) is 12.8 Å². The van der Waals surface area contributed by atoms with E-state index in [9.17, 15) is 18.0 Å². The molecule has 8 nitrogen and oxygen atoms in total. The Hall–Kier alpha value is -2.68. The molecule has 0 bridgehead atoms. The summed E-state index contributed by atoms with van der Waals surface area (Å²) >= 11 is 0. The molecule has 1 fully saturated rings. The molecule has 25 heavy (non-hydrogen) atoms. The van der Waals surface area contributed by atoms with Crippen molar-refractivity contribution in [1.29, 1.82) is 0 Å². The first-order chi connectivity index (χ1) is 11.8. The monoisotopic (exact) mass is 362 g/mol. The van der Waals surface area contributed by atoms with Crippen LogP contribution < -0.4 is 10.4 Å². The highest BCUT2D eigenvalue weighted by molar-refractivity contribution is 7.90. The fraction of sp³-hybridized carbons (Fsp3) is 0.312. The molecular formula is C16H18N4O4S. The lowest BCUT2D eigenvalue weighted by Crippen LogP contribution is -2.40. The Morgan fingerprint density at radius 3 is 2.60 bits per heavy atom. The molecule has 1 aliphatic carbocycles. The fourth-order valence-electron chi connectivity index (χ4n) is 2.54. The number of rotatable bonds is 4. The van der Waals surface area contributed by atoms with E-state index in [-0.39, 0.29) is 10.9 Å². The van der Waals surface area contributed by atoms with E-state index in [1.165, 1.54) is 10.6 Å². The van der Waals surface area contributed by atoms with Gasteiger partial charge in [-0.3, -0.25) is 4.57 Å². The molecule has 0 saturated heterocycles. The molecule has 1 aromatic heterocycles. The molecule has 3 rings (SSSR count). The largest absolute Gasteiger partial charge is 0.360 e. The van der Waals surface area contributed by atoms with Crippen LogP contribution in [0.15, 0.2) is 40.0 Å². The van der Waals surface area contributed by atoms with Crippen molar-refractivity contribution in [2.75, 3.05) is 0 Å². The van der Waals surface area contributed by atoms with Gasteiger partial charge < -0.3 is 0 Å². The second-order valence-corrected chi connectivity index (χ2v) is 7.48. The molecule has 0 unspecified atom stereocenters. The van der Waals surface area contributed by atoms with E-state index < -0.39 is 21.7 Å². The Morgan fingerprint density at radius 1 is 1.32 bits per heavy atom. The van der Waals surface area contributed by atoms with E-state index in [2.05, 4.69) is 5.10 Å². The van der Waals surface area contributed by atoms with Crippen LogP contribution in [-0.2, 0) is 10.0 Å². The Kier molecular flexibility index (Phi) is 4.34. The maximum atomic E-state index is 12.5. The summed E-state index contributed by atoms with van der Waals surface area (Å²) in [4.78, 5) is 24.8. The average Bonchev–Trinajstić information content (AvgIpc) is 3.32. The van der Waals surface area contributed by atoms with Gasteiger partial charge in [-0.05, 0) is 44.4 Å². The van der Waals surface area contributed by atoms with Crippen molar-refractivity contribution in [3.8, 4) is 0 Å². The minimum absolute atomic E-state index is 0.00762. The summed E-state index contributed by atoms with van der Waals surface area (Å²) in [7, 11) is -4.10. The first-order valence-electron chi connectivity index (χ1n) is 7.82. The third-order valence-electron chi connectivity index (χ3n) is 3.86. The van der Waals surface area contributed by atoms with Gasteiger partial charge in [0, 0.05) is 6.04 Å². The summed E-state index contributed by atoms with van der Waals surface area (Å²) in [6.07, 6.45) is 4.98. The Bertz CT molecular complexity index is 1010. The lowest BCUT2D eigenvalue weighted by molar-refractivity contribution is 0.243. The van der Waals surface area contributed by atoms with Gasteiger partial charge in [0.25, 0.3) is 10.0 Å². The number of allylic oxidation sites excluding steroid dienone is 1. The van der Waals surface area contributed by atoms with E-state index in [4.69, 9.17) is 0 Å². The summed E-state index contributed by atoms with van der Waals surface area (Å²) in [5.41, 5.74) is -0.152. The van der Waals surface area contributed by atoms with Crippen molar-refractivity contribution in [3.05, 3.63) is 52.2 Å². The molecule has 0 atom stereocenters. The molecule has 0 spiro atoms. The van der Waals surface area contributed by atoms with Crippen molar-refractivity contribution in [2.24, 2.45) is 0 Å². The number of carbonyl (C=O) groups is 1. The molecule has 2 aromatic rings. The lowest BCUT2D eigenvalue weighted by Gasteiger charge is -2.08. The highest BCUT2D eigenvalue weighted by atomic mass is 32.2. The molecule has 0 radical (unpaired) electrons. The van der Waals surface area contributed by atoms with E-state index in [1.54, 1.807) is 44.2 Å². The van der Waals surface area contributed by atoms with Crippen molar-refractivity contribution >= 4 is 22.1 Å². The summed E-state index contributed by atoms with van der Waals surface area (Å²) < 4.78 is 28.7. The minimum atomic E-state index is -4.10. The molecule has 1 N–H and O–H groups in total. The van der Waals surface area contributed by atoms with Crippen LogP contribution in [0.4, 0.5) is 4.79 Å². The van der Waals surface area contributed by atoms with Gasteiger partial charge in [-0.1, -0.05) is 24.3 Å². The van der Waals surface area contributed by atoms with Gasteiger partial charge in [-0.15, -0.1) is 9.78 Å². The average molecular weight is 362 g/mol. The SMILES string of the molecule is C/C=C/c1nn(C(=O)NS(=O)(=O)c2ccccc2C)c(=O)n1C1CC1. The number of amides is 1. The normalized spacial score (nSPS) is 14.8. The molecule has 9 heteroatoms. The lowest BCUT2D eigenvalue weighted by atomic mass is 10.2. The van der Waals surface area contributed by atoms with Crippen molar-refractivity contribution in [2.45, 2.75) is 37.6 Å². The van der Waals surface area contributed by atoms with Crippen LogP contribution in [0.2, 0.25) is 0 Å². The first-order valence-corrected chi connectivity index (χ1v) is 9.30. The van der Waals surface area contributed by atoms with Gasteiger partial charge in [0.15, 0.2) is 5.82 Å². The fourth-order valence-corrected chi connectivity index (χ4v) is 3.71. The maximum Gasteiger partial charge on any atom is 0.360 e. The zero-order chi connectivity index (χ0) is 18.2. The van der Waals surface area contributed by atoms with Crippen LogP contribution >= 0.6 is 0 Å². The second-order valence-electron chi connectivity index (χ2n) is 5.83. The van der Waals surface area contributed by atoms with E-state index >= 15 is 0 Å². The molecule has 132 valence electrons. The minimum Gasteiger partial charge on any atom is -0.272 e. The van der Waals surface area contributed by atoms with Crippen molar-refractivity contribution in [3.63, 3.8) is 0 Å². The predicted molar refractivity (Wildman–Crippen MR) is 91.8 cm³/mol. The number of carbonyl (C=O) groups excluding carboxylic acids is 1. The summed E-state index contributed by atoms with van der Waals surface area (Å²) in [6.45, 7) is 3.39. The van der Waals surface area contributed by atoms with Gasteiger partial charge in [-0.2, -0.15) is 0 Å². The topological polar surface area (TPSA) is 103 Å². The molecular weight excluding hydrogens is 344 g/mol. The smallest absolute Gasteiger partial charge is 0.272 e. The predicted octanol–water partition coefficient (Wildman–Crippen LogP) is 1.67. The molecule has 0 aliphatic heterocycles. The molecule has 1 saturated carbocycles. The molecule has 1 aromatic carbocycles. The van der Waals surface area contributed by atoms with Gasteiger partial charge in [0.1, 0.15) is 0 Å². The summed E-state index contributed by atoms with van der Waals surface area (Å²) in [6, 6.07) is 5.18. The van der Waals surface area contributed by atoms with Crippen molar-refractivity contribution in [1.82, 2.24) is 19.1 Å². The highest BCUT2D eigenvalue weighted by Gasteiger charge is 2.31. The number of hydrogen-bond acceptors (Lipinski definition) is 5. The number of aryl methyl sites for hydroxylation is 1. The van der Waals surface area contributed by atoms with Gasteiger partial charge >= 0.3 is 11.7 Å². The van der Waals surface area contributed by atoms with Crippen LogP contribution in [0, 0.1) is 6.92 Å². The molecule has 1 aliphatic rings. The summed E-state index contributed by atoms with van der Waals surface area (Å²) in [5, 5.41) is 3.96. The Morgan fingerprint density at radius 2 is 2.00 bits per heavy atom. The standard InChI is InChI=1S/C16H18N4O4S/c1-3-6-14-17-20(16(22)19(14)12-9-10-12)15(21)18-25(23,24)13-8-5-4-7-11(13)2/h3-8,12H,9-10H2,1-2H3,(H,18,21)/b6-3+. The Labute approximate surface area is 144 Å². The molecule has 1 amide bonds. The first kappa shape index (κ1) is 17.2. The van der Waals surface area contributed by atoms with Gasteiger partial charge in [0.05, 0.1) is 4.90 Å². The number of nitrogens with one attached hydrogen (secondary N) is 1. The third-order valence-corrected chi connectivity index (χ3v) is 5.34. The van der Waals surface area contributed by atoms with Crippen LogP contribution in [0.5, 0.6) is 0 Å². The van der Waals surface area contributed by atoms with Gasteiger partial charge in [0.2, 0.25) is 0 Å². The number of aromatic nitrogens is 3. The van der Waals surface area contributed by atoms with Crippen LogP contribution in [0.25, 0.3) is 6.08 Å². The zero-order valence-electron chi connectivity index (χ0n) is 13.8. The summed E-state index contributed by atoms with van der Waals surface area (Å²) in [5.74, 6) is 0.332. The molecule has 1 heterocycles. The maximum absolute atomic E-state index is 12.5. The number of sulfonamides is 1. The third kappa shape index (κ3) is 3.27. The van der Waals surface area contributed by atoms with Crippen LogP contribution in [0.1, 0.15) is 37.2 Å². The zero-order valence-corrected chi connectivity index (χ0v) is 14.7. The van der Waals surface area contributed by atoms with E-state index in [1.807, 2.05) is 4.72 Å². The number of nitrogens with zero attached hydrogens (tertiary/aromatic N) is 3. The van der Waals surface area contributed by atoms with Gasteiger partial charge in [-0.25, -0.2) is 22.7 Å². The quantitative estimate of drug-likeness (QED) is 0.891. The number of hydrogen-bond donors (Lipinski definition) is 1. The Balaban J connectivity index is 1.96. The highest BCUT2D eigenvalue weighted by Crippen LogP contribution is 2.34. The van der Waals surface area contributed by atoms with Crippen molar-refractivity contribution < 1.29 is 13.2 Å². The van der Waals surface area contributed by atoms with Crippen LogP contribution in [0.3, 0.4) is 0 Å². The number of benzene rings is 1.